The summed E-state index contributed by atoms with van der Waals surface area (Å²) in [4.78, 5) is 46.9. The van der Waals surface area contributed by atoms with E-state index >= 15 is 0 Å². The van der Waals surface area contributed by atoms with Gasteiger partial charge in [-0.2, -0.15) is 8.42 Å². The fraction of sp³-hybridized carbons (Fsp3) is 0.417. The average Bonchev–Trinajstić information content (AvgIpc) is 3.57. The van der Waals surface area contributed by atoms with Gasteiger partial charge in [0.15, 0.2) is 10.8 Å². The number of carbonyl (C=O) groups is 3. The molecule has 2 saturated heterocycles. The van der Waals surface area contributed by atoms with E-state index in [1.54, 1.807) is 31.2 Å². The zero-order chi connectivity index (χ0) is 31.5. The van der Waals surface area contributed by atoms with Crippen LogP contribution in [0.4, 0.5) is 5.13 Å². The lowest BCUT2D eigenvalue weighted by molar-refractivity contribution is -0.152. The Morgan fingerprint density at radius 3 is 2.56 bits per heavy atom. The highest BCUT2D eigenvalue weighted by Crippen LogP contribution is 2.24. The number of rotatable bonds is 12. The highest BCUT2D eigenvalue weighted by molar-refractivity contribution is 7.84. The zero-order valence-corrected chi connectivity index (χ0v) is 24.6. The van der Waals surface area contributed by atoms with Crippen LogP contribution in [0.25, 0.3) is 0 Å². The average molecular weight is 639 g/mol. The molecule has 0 saturated carbocycles. The number of carboxylic acids is 1. The van der Waals surface area contributed by atoms with Gasteiger partial charge in [0.2, 0.25) is 0 Å². The summed E-state index contributed by atoms with van der Waals surface area (Å²) in [5.41, 5.74) is 5.79. The second-order valence-corrected chi connectivity index (χ2v) is 12.2. The smallest absolute Gasteiger partial charge is 0.362 e. The lowest BCUT2D eigenvalue weighted by atomic mass is 10.0. The number of nitrogen functional groups attached to an aromatic ring is 1. The van der Waals surface area contributed by atoms with Crippen LogP contribution < -0.4 is 26.4 Å². The van der Waals surface area contributed by atoms with Crippen LogP contribution in [-0.2, 0) is 29.5 Å². The summed E-state index contributed by atoms with van der Waals surface area (Å²) in [5.74, 6) is -3.04. The van der Waals surface area contributed by atoms with Crippen molar-refractivity contribution in [2.75, 3.05) is 25.4 Å². The van der Waals surface area contributed by atoms with Gasteiger partial charge in [0.1, 0.15) is 29.9 Å². The highest BCUT2D eigenvalue weighted by atomic mass is 32.2. The minimum atomic E-state index is -4.83. The predicted octanol–water partition coefficient (Wildman–Crippen LogP) is -0.918. The van der Waals surface area contributed by atoms with Gasteiger partial charge >= 0.3 is 16.3 Å². The Kier molecular flexibility index (Phi) is 9.48. The number of carbonyl (C=O) groups excluding carboxylic acids is 2. The highest BCUT2D eigenvalue weighted by Gasteiger charge is 2.51. The number of ether oxygens (including phenoxy) is 1. The normalized spacial score (nSPS) is 21.1. The SMILES string of the molecule is Cc1sc(N)nc1/C(=N/OC(COc1ccc(C(=N)N[C@@H]2CCNC2)cc1)C(=O)O)C(=O)N[C@@H]1C(=O)N(S(=O)(=O)O)[C@@H]1C. The van der Waals surface area contributed by atoms with Gasteiger partial charge in [-0.05, 0) is 51.1 Å². The molecule has 4 atom stereocenters. The number of carboxylic acid groups (broad SMARTS) is 1. The monoisotopic (exact) mass is 638 g/mol. The molecule has 0 aliphatic carbocycles. The number of hydrogen-bond acceptors (Lipinski definition) is 13. The molecule has 2 aliphatic heterocycles. The molecule has 17 nitrogen and oxygen atoms in total. The third-order valence-corrected chi connectivity index (χ3v) is 8.43. The van der Waals surface area contributed by atoms with Crippen molar-refractivity contribution in [3.05, 3.63) is 40.4 Å². The summed E-state index contributed by atoms with van der Waals surface area (Å²) in [6, 6.07) is 4.14. The van der Waals surface area contributed by atoms with Crippen LogP contribution in [-0.4, -0.2) is 101 Å². The number of aryl methyl sites for hydroxylation is 1. The third-order valence-electron chi connectivity index (χ3n) is 6.62. The first-order valence-corrected chi connectivity index (χ1v) is 15.1. The number of amides is 2. The van der Waals surface area contributed by atoms with Crippen molar-refractivity contribution in [1.82, 2.24) is 25.2 Å². The van der Waals surface area contributed by atoms with Crippen LogP contribution in [0, 0.1) is 12.3 Å². The standard InChI is InChI=1S/C24H30N8O9S2/c1-11-17(22(34)32(11)43(37,38)39)29-21(33)19(18-12(2)42-24(26)30-18)31-41-16(23(35)36)10-40-15-5-3-13(4-6-15)20(25)28-14-7-8-27-9-14/h3-6,11,14,16-17,27H,7-10H2,1-2H3,(H2,25,28)(H2,26,30)(H,29,33)(H,35,36)(H,37,38,39)/b31-19-/t11-,14-,16?,17+/m1/s1. The molecular weight excluding hydrogens is 608 g/mol. The number of thiazole rings is 1. The number of nitrogens with one attached hydrogen (secondary N) is 4. The number of hydrogen-bond donors (Lipinski definition) is 7. The van der Waals surface area contributed by atoms with Crippen LogP contribution in [0.2, 0.25) is 0 Å². The number of aliphatic carboxylic acids is 1. The second kappa shape index (κ2) is 12.9. The van der Waals surface area contributed by atoms with Crippen molar-refractivity contribution in [2.24, 2.45) is 5.16 Å². The van der Waals surface area contributed by atoms with Crippen LogP contribution in [0.3, 0.4) is 0 Å². The van der Waals surface area contributed by atoms with Crippen molar-refractivity contribution < 1.29 is 42.0 Å². The van der Waals surface area contributed by atoms with Crippen LogP contribution in [0.15, 0.2) is 29.4 Å². The summed E-state index contributed by atoms with van der Waals surface area (Å²) in [7, 11) is -4.83. The molecule has 2 aliphatic rings. The molecule has 2 amide bonds. The number of nitrogens with zero attached hydrogens (tertiary/aromatic N) is 3. The van der Waals surface area contributed by atoms with Gasteiger partial charge in [-0.25, -0.2) is 14.1 Å². The molecule has 2 fully saturated rings. The van der Waals surface area contributed by atoms with Crippen LogP contribution in [0.5, 0.6) is 5.75 Å². The van der Waals surface area contributed by atoms with Crippen LogP contribution in [0.1, 0.15) is 29.5 Å². The van der Waals surface area contributed by atoms with Crippen molar-refractivity contribution in [3.63, 3.8) is 0 Å². The maximum atomic E-state index is 13.1. The van der Waals surface area contributed by atoms with Gasteiger partial charge < -0.3 is 36.4 Å². The molecule has 8 N–H and O–H groups in total. The Hall–Kier alpha value is -4.33. The minimum absolute atomic E-state index is 0.0452. The van der Waals surface area contributed by atoms with E-state index in [1.807, 2.05) is 0 Å². The summed E-state index contributed by atoms with van der Waals surface area (Å²) >= 11 is 1.02. The lowest BCUT2D eigenvalue weighted by Gasteiger charge is -2.42. The number of β-lactam (4-membered cyclic amide) rings is 1. The van der Waals surface area contributed by atoms with E-state index in [4.69, 9.17) is 20.7 Å². The van der Waals surface area contributed by atoms with Crippen LogP contribution >= 0.6 is 11.3 Å². The molecule has 1 unspecified atom stereocenters. The van der Waals surface area contributed by atoms with E-state index in [0.717, 1.165) is 30.8 Å². The Morgan fingerprint density at radius 1 is 1.33 bits per heavy atom. The summed E-state index contributed by atoms with van der Waals surface area (Å²) in [5, 5.41) is 30.3. The Bertz CT molecular complexity index is 1540. The second-order valence-electron chi connectivity index (χ2n) is 9.68. The lowest BCUT2D eigenvalue weighted by Crippen LogP contribution is -2.71. The molecule has 0 spiro atoms. The number of amidine groups is 1. The zero-order valence-electron chi connectivity index (χ0n) is 22.9. The van der Waals surface area contributed by atoms with E-state index in [2.05, 4.69) is 26.1 Å². The molecule has 3 heterocycles. The van der Waals surface area contributed by atoms with Crippen molar-refractivity contribution in [2.45, 2.75) is 44.5 Å². The topological polar surface area (TPSA) is 259 Å². The summed E-state index contributed by atoms with van der Waals surface area (Å²) in [6.07, 6.45) is -0.779. The molecule has 4 rings (SSSR count). The minimum Gasteiger partial charge on any atom is -0.489 e. The Morgan fingerprint density at radius 2 is 2.02 bits per heavy atom. The summed E-state index contributed by atoms with van der Waals surface area (Å²) < 4.78 is 37.7. The first kappa shape index (κ1) is 31.6. The van der Waals surface area contributed by atoms with Gasteiger partial charge in [-0.3, -0.25) is 19.6 Å². The maximum absolute atomic E-state index is 13.1. The Labute approximate surface area is 249 Å². The van der Waals surface area contributed by atoms with Gasteiger partial charge in [0.25, 0.3) is 17.9 Å². The van der Waals surface area contributed by atoms with E-state index in [9.17, 15) is 32.5 Å². The van der Waals surface area contributed by atoms with Gasteiger partial charge in [0, 0.05) is 23.0 Å². The van der Waals surface area contributed by atoms with E-state index in [1.165, 1.54) is 6.92 Å². The first-order chi connectivity index (χ1) is 20.3. The third kappa shape index (κ3) is 7.37. The molecule has 0 radical (unpaired) electrons. The van der Waals surface area contributed by atoms with Gasteiger partial charge in [-0.1, -0.05) is 5.16 Å². The van der Waals surface area contributed by atoms with Crippen molar-refractivity contribution in [3.8, 4) is 5.75 Å². The van der Waals surface area contributed by atoms with E-state index in [0.29, 0.717) is 16.2 Å². The number of nitrogens with two attached hydrogens (primary N) is 1. The largest absolute Gasteiger partial charge is 0.489 e. The van der Waals surface area contributed by atoms with E-state index in [-0.39, 0.29) is 27.0 Å². The van der Waals surface area contributed by atoms with Gasteiger partial charge in [-0.15, -0.1) is 11.3 Å². The molecule has 1 aromatic heterocycles. The molecule has 232 valence electrons. The van der Waals surface area contributed by atoms with Crippen molar-refractivity contribution in [1.29, 1.82) is 5.41 Å². The van der Waals surface area contributed by atoms with E-state index < -0.39 is 58.6 Å². The predicted molar refractivity (Wildman–Crippen MR) is 153 cm³/mol. The van der Waals surface area contributed by atoms with Crippen molar-refractivity contribution >= 4 is 56.1 Å². The molecule has 19 heteroatoms. The first-order valence-electron chi connectivity index (χ1n) is 12.9. The quantitative estimate of drug-likeness (QED) is 0.0488. The number of anilines is 1. The Balaban J connectivity index is 1.44. The molecule has 43 heavy (non-hydrogen) atoms. The number of benzene rings is 1. The molecule has 0 bridgehead atoms. The van der Waals surface area contributed by atoms with Gasteiger partial charge in [0.05, 0.1) is 6.04 Å². The molecule has 2 aromatic rings. The summed E-state index contributed by atoms with van der Waals surface area (Å²) in [6.45, 7) is 4.00. The number of aromatic nitrogens is 1. The molecular formula is C24H30N8O9S2. The maximum Gasteiger partial charge on any atom is 0.362 e. The molecule has 1 aromatic carbocycles. The fourth-order valence-corrected chi connectivity index (χ4v) is 5.93. The number of oxime groups is 1. The fourth-order valence-electron chi connectivity index (χ4n) is 4.36.